The number of nitrogens with two attached hydrogens (primary N) is 1. The molecule has 0 aliphatic heterocycles. The lowest BCUT2D eigenvalue weighted by Crippen LogP contribution is -2.47. The zero-order valence-electron chi connectivity index (χ0n) is 8.41. The summed E-state index contributed by atoms with van der Waals surface area (Å²) in [7, 11) is 0. The fraction of sp³-hybridized carbons (Fsp3) is 0.571. The number of rotatable bonds is 1. The van der Waals surface area contributed by atoms with Crippen LogP contribution in [0.25, 0.3) is 4.96 Å². The molecule has 0 amide bonds. The molecule has 1 atom stereocenters. The van der Waals surface area contributed by atoms with Gasteiger partial charge in [0, 0.05) is 0 Å². The Morgan fingerprint density at radius 3 is 2.44 bits per heavy atom. The molecule has 0 saturated carbocycles. The summed E-state index contributed by atoms with van der Waals surface area (Å²) in [6.07, 6.45) is -4.55. The minimum Gasteiger partial charge on any atom is -0.312 e. The Morgan fingerprint density at radius 2 is 1.94 bits per heavy atom. The molecule has 0 aromatic carbocycles. The fourth-order valence-corrected chi connectivity index (χ4v) is 2.01. The molecule has 0 aliphatic rings. The van der Waals surface area contributed by atoms with E-state index in [1.54, 1.807) is 6.92 Å². The van der Waals surface area contributed by atoms with Gasteiger partial charge in [0.15, 0.2) is 11.4 Å². The summed E-state index contributed by atoms with van der Waals surface area (Å²) in [6.45, 7) is 2.49. The third kappa shape index (κ3) is 1.47. The lowest BCUT2D eigenvalue weighted by atomic mass is 10.1. The van der Waals surface area contributed by atoms with E-state index in [2.05, 4.69) is 15.3 Å². The highest BCUT2D eigenvalue weighted by molar-refractivity contribution is 7.16. The van der Waals surface area contributed by atoms with E-state index >= 15 is 0 Å². The van der Waals surface area contributed by atoms with Crippen molar-refractivity contribution in [2.45, 2.75) is 25.6 Å². The summed E-state index contributed by atoms with van der Waals surface area (Å²) in [5.41, 5.74) is 2.78. The molecule has 9 heteroatoms. The predicted molar refractivity (Wildman–Crippen MR) is 51.0 cm³/mol. The minimum absolute atomic E-state index is 0.229. The maximum atomic E-state index is 12.7. The van der Waals surface area contributed by atoms with Crippen LogP contribution in [0, 0.1) is 6.92 Å². The molecule has 88 valence electrons. The Morgan fingerprint density at radius 1 is 1.31 bits per heavy atom. The van der Waals surface area contributed by atoms with Gasteiger partial charge < -0.3 is 5.73 Å². The van der Waals surface area contributed by atoms with Crippen LogP contribution in [0.3, 0.4) is 0 Å². The van der Waals surface area contributed by atoms with Gasteiger partial charge in [-0.05, 0) is 13.8 Å². The maximum absolute atomic E-state index is 12.7. The van der Waals surface area contributed by atoms with Crippen LogP contribution < -0.4 is 5.73 Å². The lowest BCUT2D eigenvalue weighted by Gasteiger charge is -2.24. The van der Waals surface area contributed by atoms with Crippen LogP contribution in [-0.2, 0) is 5.54 Å². The van der Waals surface area contributed by atoms with Crippen molar-refractivity contribution in [3.8, 4) is 0 Å². The summed E-state index contributed by atoms with van der Waals surface area (Å²) < 4.78 is 39.2. The van der Waals surface area contributed by atoms with E-state index in [1.165, 1.54) is 4.52 Å². The zero-order chi connectivity index (χ0) is 12.1. The normalized spacial score (nSPS) is 16.6. The molecule has 0 radical (unpaired) electrons. The molecule has 16 heavy (non-hydrogen) atoms. The van der Waals surface area contributed by atoms with Gasteiger partial charge in [-0.2, -0.15) is 22.8 Å². The first-order valence-electron chi connectivity index (χ1n) is 4.28. The van der Waals surface area contributed by atoms with Gasteiger partial charge in [-0.15, -0.1) is 10.2 Å². The van der Waals surface area contributed by atoms with Gasteiger partial charge in [0.05, 0.1) is 0 Å². The smallest absolute Gasteiger partial charge is 0.312 e. The van der Waals surface area contributed by atoms with Crippen LogP contribution in [0.15, 0.2) is 0 Å². The van der Waals surface area contributed by atoms with Crippen LogP contribution >= 0.6 is 11.3 Å². The van der Waals surface area contributed by atoms with E-state index in [4.69, 9.17) is 5.73 Å². The Kier molecular flexibility index (Phi) is 2.21. The van der Waals surface area contributed by atoms with Crippen molar-refractivity contribution in [3.63, 3.8) is 0 Å². The van der Waals surface area contributed by atoms with Gasteiger partial charge >= 0.3 is 6.18 Å². The number of alkyl halides is 3. The van der Waals surface area contributed by atoms with E-state index in [0.29, 0.717) is 10.8 Å². The quantitative estimate of drug-likeness (QED) is 0.827. The number of halogens is 3. The molecule has 0 spiro atoms. The Balaban J connectivity index is 2.56. The summed E-state index contributed by atoms with van der Waals surface area (Å²) in [6, 6.07) is 0. The average molecular weight is 251 g/mol. The minimum atomic E-state index is -4.55. The number of hydrogen-bond acceptors (Lipinski definition) is 5. The Hall–Kier alpha value is -1.22. The van der Waals surface area contributed by atoms with Gasteiger partial charge in [-0.3, -0.25) is 0 Å². The molecule has 2 aromatic heterocycles. The van der Waals surface area contributed by atoms with Crippen LogP contribution in [0.4, 0.5) is 13.2 Å². The summed E-state index contributed by atoms with van der Waals surface area (Å²) >= 11 is 0.785. The van der Waals surface area contributed by atoms with Crippen LogP contribution in [0.2, 0.25) is 0 Å². The van der Waals surface area contributed by atoms with Crippen LogP contribution in [0.1, 0.15) is 17.8 Å². The highest BCUT2D eigenvalue weighted by atomic mass is 32.1. The molecule has 2 aromatic rings. The molecule has 0 bridgehead atoms. The number of aryl methyl sites for hydroxylation is 1. The molecule has 5 nitrogen and oxygen atoms in total. The van der Waals surface area contributed by atoms with Crippen molar-refractivity contribution in [2.24, 2.45) is 5.73 Å². The van der Waals surface area contributed by atoms with Crippen molar-refractivity contribution in [3.05, 3.63) is 10.8 Å². The first-order chi connectivity index (χ1) is 7.23. The second-order valence-corrected chi connectivity index (χ2v) is 4.50. The Labute approximate surface area is 92.1 Å². The summed E-state index contributed by atoms with van der Waals surface area (Å²) in [5, 5.41) is 10.9. The van der Waals surface area contributed by atoms with Crippen molar-refractivity contribution in [1.82, 2.24) is 19.8 Å². The van der Waals surface area contributed by atoms with Crippen LogP contribution in [-0.4, -0.2) is 26.0 Å². The third-order valence-corrected chi connectivity index (χ3v) is 3.32. The van der Waals surface area contributed by atoms with Gasteiger partial charge in [-0.1, -0.05) is 11.3 Å². The fourth-order valence-electron chi connectivity index (χ4n) is 1.05. The number of nitrogens with zero attached hydrogens (tertiary/aromatic N) is 4. The predicted octanol–water partition coefficient (Wildman–Crippen LogP) is 1.23. The zero-order valence-corrected chi connectivity index (χ0v) is 9.22. The Bertz CT molecular complexity index is 526. The molecule has 0 fully saturated rings. The molecular formula is C7H8F3N5S. The number of aromatic nitrogens is 4. The van der Waals surface area contributed by atoms with Gasteiger partial charge in [0.2, 0.25) is 4.96 Å². The molecule has 2 heterocycles. The van der Waals surface area contributed by atoms with E-state index in [-0.39, 0.29) is 5.01 Å². The average Bonchev–Trinajstić information content (AvgIpc) is 2.67. The molecule has 2 N–H and O–H groups in total. The third-order valence-electron chi connectivity index (χ3n) is 2.18. The second kappa shape index (κ2) is 3.14. The molecular weight excluding hydrogens is 243 g/mol. The second-order valence-electron chi connectivity index (χ2n) is 3.55. The standard InChI is InChI=1S/C7H8F3N5S/c1-3-12-13-5-15(3)14-4(16-5)6(2,11)7(8,9)10/h11H2,1-2H3. The monoisotopic (exact) mass is 251 g/mol. The first kappa shape index (κ1) is 11.3. The van der Waals surface area contributed by atoms with E-state index < -0.39 is 11.7 Å². The van der Waals surface area contributed by atoms with Crippen molar-refractivity contribution in [1.29, 1.82) is 0 Å². The van der Waals surface area contributed by atoms with Crippen molar-refractivity contribution in [2.75, 3.05) is 0 Å². The molecule has 1 unspecified atom stereocenters. The molecule has 0 aliphatic carbocycles. The summed E-state index contributed by atoms with van der Waals surface area (Å²) in [4.78, 5) is 0.299. The SMILES string of the molecule is Cc1nnc2sc(C(C)(N)C(F)(F)F)nn12. The molecule has 2 rings (SSSR count). The van der Waals surface area contributed by atoms with Gasteiger partial charge in [-0.25, -0.2) is 0 Å². The van der Waals surface area contributed by atoms with E-state index in [1.807, 2.05) is 0 Å². The first-order valence-corrected chi connectivity index (χ1v) is 5.10. The van der Waals surface area contributed by atoms with Crippen molar-refractivity contribution >= 4 is 16.3 Å². The van der Waals surface area contributed by atoms with E-state index in [0.717, 1.165) is 18.3 Å². The highest BCUT2D eigenvalue weighted by Gasteiger charge is 2.52. The topological polar surface area (TPSA) is 69.1 Å². The lowest BCUT2D eigenvalue weighted by molar-refractivity contribution is -0.184. The largest absolute Gasteiger partial charge is 0.412 e. The van der Waals surface area contributed by atoms with Gasteiger partial charge in [0.1, 0.15) is 5.01 Å². The number of hydrogen-bond donors (Lipinski definition) is 1. The van der Waals surface area contributed by atoms with Crippen molar-refractivity contribution < 1.29 is 13.2 Å². The molecule has 0 saturated heterocycles. The van der Waals surface area contributed by atoms with E-state index in [9.17, 15) is 13.2 Å². The van der Waals surface area contributed by atoms with Gasteiger partial charge in [0.25, 0.3) is 0 Å². The maximum Gasteiger partial charge on any atom is 0.412 e. The van der Waals surface area contributed by atoms with Crippen LogP contribution in [0.5, 0.6) is 0 Å². The highest BCUT2D eigenvalue weighted by Crippen LogP contribution is 2.37. The number of fused-ring (bicyclic) bond motifs is 1. The summed E-state index contributed by atoms with van der Waals surface area (Å²) in [5.74, 6) is 0.426.